The minimum Gasteiger partial charge on any atom is -0.704 e. The zero-order chi connectivity index (χ0) is 6.41. The van der Waals surface area contributed by atoms with Crippen molar-refractivity contribution in [2.75, 3.05) is 6.54 Å². The molecule has 0 aromatic heterocycles. The van der Waals surface area contributed by atoms with Crippen LogP contribution in [0.25, 0.3) is 11.1 Å². The lowest BCUT2D eigenvalue weighted by atomic mass is 10.5. The Morgan fingerprint density at radius 1 is 1.88 bits per heavy atom. The van der Waals surface area contributed by atoms with Gasteiger partial charge in [0.1, 0.15) is 0 Å². The van der Waals surface area contributed by atoms with E-state index in [4.69, 9.17) is 10.8 Å². The minimum absolute atomic E-state index is 0.188. The van der Waals surface area contributed by atoms with Gasteiger partial charge in [-0.1, -0.05) is 13.3 Å². The summed E-state index contributed by atoms with van der Waals surface area (Å²) in [6.07, 6.45) is 1.73. The summed E-state index contributed by atoms with van der Waals surface area (Å²) in [5.74, 6) is -0.188. The average molecular weight is 114 g/mol. The minimum atomic E-state index is -0.188. The Morgan fingerprint density at radius 3 is 2.88 bits per heavy atom. The molecule has 0 fully saturated rings. The molecule has 0 rings (SSSR count). The Hall–Kier alpha value is -0.860. The molecule has 0 radical (unpaired) electrons. The molecule has 2 N–H and O–H groups in total. The highest BCUT2D eigenvalue weighted by Gasteiger charge is 1.65. The number of aliphatic hydroxyl groups is 1. The molecule has 0 aliphatic rings. The van der Waals surface area contributed by atoms with Crippen LogP contribution < -0.4 is 0 Å². The number of nitrogens with one attached hydrogen (secondary N) is 1. The van der Waals surface area contributed by atoms with Crippen molar-refractivity contribution < 1.29 is 5.11 Å². The SMILES string of the molecule is CCC[N-]C(O)=C[NH-]. The van der Waals surface area contributed by atoms with Gasteiger partial charge in [-0.05, 0) is 5.88 Å². The van der Waals surface area contributed by atoms with Crippen LogP contribution in [0.3, 0.4) is 0 Å². The summed E-state index contributed by atoms with van der Waals surface area (Å²) >= 11 is 0. The molecule has 0 spiro atoms. The molecule has 0 heterocycles. The molecular weight excluding hydrogens is 104 g/mol. The summed E-state index contributed by atoms with van der Waals surface area (Å²) in [4.78, 5) is 0. The first-order chi connectivity index (χ1) is 3.81. The van der Waals surface area contributed by atoms with Gasteiger partial charge in [-0.2, -0.15) is 6.20 Å². The van der Waals surface area contributed by atoms with Crippen LogP contribution in [0.15, 0.2) is 12.1 Å². The summed E-state index contributed by atoms with van der Waals surface area (Å²) in [7, 11) is 0. The third-order valence-electron chi connectivity index (χ3n) is 0.627. The highest BCUT2D eigenvalue weighted by Crippen LogP contribution is 2.00. The van der Waals surface area contributed by atoms with E-state index in [1.807, 2.05) is 6.92 Å². The Bertz CT molecular complexity index is 80.5. The standard InChI is InChI=1S/C5H10N2O/c1-2-3-7-5(8)4-6/h4,6,8H,2-3H2,1H3/q-2. The van der Waals surface area contributed by atoms with Gasteiger partial charge in [0, 0.05) is 0 Å². The van der Waals surface area contributed by atoms with Crippen molar-refractivity contribution in [3.63, 3.8) is 0 Å². The maximum atomic E-state index is 8.50. The maximum Gasteiger partial charge on any atom is -0.0126 e. The molecule has 0 aromatic carbocycles. The van der Waals surface area contributed by atoms with Gasteiger partial charge in [0.15, 0.2) is 0 Å². The molecule has 0 saturated carbocycles. The smallest absolute Gasteiger partial charge is 0.0126 e. The zero-order valence-corrected chi connectivity index (χ0v) is 4.89. The molecule has 0 amide bonds. The fraction of sp³-hybridized carbons (Fsp3) is 0.600. The number of nitrogens with zero attached hydrogens (tertiary/aromatic N) is 1. The largest absolute Gasteiger partial charge is 0.704 e. The second-order valence-corrected chi connectivity index (χ2v) is 1.38. The van der Waals surface area contributed by atoms with E-state index in [-0.39, 0.29) is 5.88 Å². The second-order valence-electron chi connectivity index (χ2n) is 1.38. The van der Waals surface area contributed by atoms with Crippen molar-refractivity contribution in [2.45, 2.75) is 13.3 Å². The first-order valence-corrected chi connectivity index (χ1v) is 2.55. The highest BCUT2D eigenvalue weighted by atomic mass is 16.3. The fourth-order valence-electron chi connectivity index (χ4n) is 0.272. The Morgan fingerprint density at radius 2 is 2.50 bits per heavy atom. The number of hydrogen-bond acceptors (Lipinski definition) is 1. The Balaban J connectivity index is 3.12. The quantitative estimate of drug-likeness (QED) is 0.561. The number of aliphatic hydroxyl groups excluding tert-OH is 1. The molecule has 0 aliphatic heterocycles. The normalized spacial score (nSPS) is 11.4. The molecule has 3 heteroatoms. The van der Waals surface area contributed by atoms with Crippen molar-refractivity contribution in [3.05, 3.63) is 23.1 Å². The second kappa shape index (κ2) is 4.30. The highest BCUT2D eigenvalue weighted by molar-refractivity contribution is 5.09. The van der Waals surface area contributed by atoms with Crippen molar-refractivity contribution in [1.29, 1.82) is 0 Å². The van der Waals surface area contributed by atoms with E-state index in [1.165, 1.54) is 0 Å². The van der Waals surface area contributed by atoms with Crippen molar-refractivity contribution >= 4 is 0 Å². The molecule has 0 saturated heterocycles. The molecule has 48 valence electrons. The zero-order valence-electron chi connectivity index (χ0n) is 4.89. The van der Waals surface area contributed by atoms with Crippen LogP contribution in [-0.2, 0) is 0 Å². The Kier molecular flexibility index (Phi) is 3.84. The van der Waals surface area contributed by atoms with Gasteiger partial charge < -0.3 is 16.2 Å². The molecule has 0 bridgehead atoms. The van der Waals surface area contributed by atoms with Crippen LogP contribution in [0.1, 0.15) is 13.3 Å². The maximum absolute atomic E-state index is 8.50. The predicted molar refractivity (Wildman–Crippen MR) is 33.6 cm³/mol. The van der Waals surface area contributed by atoms with E-state index < -0.39 is 0 Å². The lowest BCUT2D eigenvalue weighted by molar-refractivity contribution is 0.422. The number of hydrogen-bond donors (Lipinski definition) is 1. The summed E-state index contributed by atoms with van der Waals surface area (Å²) < 4.78 is 0. The van der Waals surface area contributed by atoms with E-state index >= 15 is 0 Å². The van der Waals surface area contributed by atoms with Crippen LogP contribution in [0.4, 0.5) is 0 Å². The molecule has 0 aromatic rings. The van der Waals surface area contributed by atoms with Gasteiger partial charge in [-0.3, -0.25) is 0 Å². The Labute approximate surface area is 49.2 Å². The molecule has 8 heavy (non-hydrogen) atoms. The third-order valence-corrected chi connectivity index (χ3v) is 0.627. The van der Waals surface area contributed by atoms with E-state index in [0.29, 0.717) is 6.54 Å². The van der Waals surface area contributed by atoms with E-state index in [2.05, 4.69) is 5.32 Å². The van der Waals surface area contributed by atoms with Crippen molar-refractivity contribution in [2.24, 2.45) is 0 Å². The summed E-state index contributed by atoms with van der Waals surface area (Å²) in [6, 6.07) is 0. The van der Waals surface area contributed by atoms with Gasteiger partial charge in [0.25, 0.3) is 0 Å². The summed E-state index contributed by atoms with van der Waals surface area (Å²) in [5, 5.41) is 12.1. The fourth-order valence-corrected chi connectivity index (χ4v) is 0.272. The van der Waals surface area contributed by atoms with Crippen LogP contribution in [0.5, 0.6) is 0 Å². The van der Waals surface area contributed by atoms with Gasteiger partial charge in [-0.15, -0.1) is 6.54 Å². The van der Waals surface area contributed by atoms with Crippen LogP contribution >= 0.6 is 0 Å². The molecule has 3 nitrogen and oxygen atoms in total. The van der Waals surface area contributed by atoms with E-state index in [9.17, 15) is 0 Å². The molecule has 0 aliphatic carbocycles. The van der Waals surface area contributed by atoms with Gasteiger partial charge >= 0.3 is 0 Å². The third kappa shape index (κ3) is 3.33. The van der Waals surface area contributed by atoms with Crippen LogP contribution in [-0.4, -0.2) is 11.7 Å². The summed E-state index contributed by atoms with van der Waals surface area (Å²) in [6.45, 7) is 2.56. The average Bonchev–Trinajstić information content (AvgIpc) is 1.83. The van der Waals surface area contributed by atoms with E-state index in [1.54, 1.807) is 0 Å². The predicted octanol–water partition coefficient (Wildman–Crippen LogP) is 2.18. The molecule has 0 atom stereocenters. The van der Waals surface area contributed by atoms with Crippen molar-refractivity contribution in [3.8, 4) is 0 Å². The van der Waals surface area contributed by atoms with Crippen molar-refractivity contribution in [1.82, 2.24) is 0 Å². The molecule has 0 unspecified atom stereocenters. The first kappa shape index (κ1) is 7.14. The van der Waals surface area contributed by atoms with Gasteiger partial charge in [0.05, 0.1) is 0 Å². The topological polar surface area (TPSA) is 58.1 Å². The van der Waals surface area contributed by atoms with E-state index in [0.717, 1.165) is 12.6 Å². The summed E-state index contributed by atoms with van der Waals surface area (Å²) in [5.41, 5.74) is 6.48. The van der Waals surface area contributed by atoms with Gasteiger partial charge in [-0.25, -0.2) is 0 Å². The lowest BCUT2D eigenvalue weighted by Gasteiger charge is -2.18. The monoisotopic (exact) mass is 114 g/mol. The van der Waals surface area contributed by atoms with Crippen LogP contribution in [0, 0.1) is 0 Å². The lowest BCUT2D eigenvalue weighted by Crippen LogP contribution is -1.81. The first-order valence-electron chi connectivity index (χ1n) is 2.55. The van der Waals surface area contributed by atoms with Crippen LogP contribution in [0.2, 0.25) is 0 Å². The number of rotatable bonds is 3. The van der Waals surface area contributed by atoms with Gasteiger partial charge in [0.2, 0.25) is 0 Å². The molecular formula is C5H10N2O-2.